The molecule has 260 valence electrons. The van der Waals surface area contributed by atoms with E-state index in [1.54, 1.807) is 13.0 Å². The third-order valence-electron chi connectivity index (χ3n) is 12.1. The van der Waals surface area contributed by atoms with E-state index in [0.717, 1.165) is 25.7 Å². The van der Waals surface area contributed by atoms with Gasteiger partial charge in [-0.25, -0.2) is 4.79 Å². The quantitative estimate of drug-likeness (QED) is 0.103. The number of aliphatic hydroxyl groups is 5. The first-order chi connectivity index (χ1) is 22.2. The van der Waals surface area contributed by atoms with Gasteiger partial charge >= 0.3 is 11.9 Å². The van der Waals surface area contributed by atoms with Crippen LogP contribution in [-0.4, -0.2) is 84.9 Å². The van der Waals surface area contributed by atoms with Crippen molar-refractivity contribution < 1.29 is 49.3 Å². The third kappa shape index (κ3) is 4.93. The Kier molecular flexibility index (Phi) is 9.09. The maximum Gasteiger partial charge on any atom is 0.330 e. The molecular formula is C37H52O10. The average Bonchev–Trinajstić information content (AvgIpc) is 3.41. The molecule has 0 spiro atoms. The predicted molar refractivity (Wildman–Crippen MR) is 171 cm³/mol. The van der Waals surface area contributed by atoms with Crippen LogP contribution in [0.2, 0.25) is 0 Å². The van der Waals surface area contributed by atoms with Gasteiger partial charge in [-0.15, -0.1) is 0 Å². The number of benzene rings is 1. The Morgan fingerprint density at radius 1 is 1.04 bits per heavy atom. The van der Waals surface area contributed by atoms with Gasteiger partial charge in [0.2, 0.25) is 0 Å². The summed E-state index contributed by atoms with van der Waals surface area (Å²) in [6.07, 6.45) is 3.28. The Hall–Kier alpha value is -2.15. The van der Waals surface area contributed by atoms with Crippen molar-refractivity contribution in [2.45, 2.75) is 132 Å². The van der Waals surface area contributed by atoms with Crippen molar-refractivity contribution in [3.05, 3.63) is 60.2 Å². The predicted octanol–water partition coefficient (Wildman–Crippen LogP) is 3.63. The molecule has 1 aromatic rings. The molecule has 10 heteroatoms. The average molecular weight is 657 g/mol. The van der Waals surface area contributed by atoms with Crippen molar-refractivity contribution in [1.82, 2.24) is 0 Å². The third-order valence-corrected chi connectivity index (χ3v) is 12.1. The molecule has 5 fully saturated rings. The van der Waals surface area contributed by atoms with E-state index in [0.29, 0.717) is 24.0 Å². The van der Waals surface area contributed by atoms with Gasteiger partial charge in [-0.2, -0.15) is 0 Å². The molecule has 2 heterocycles. The van der Waals surface area contributed by atoms with Gasteiger partial charge in [-0.3, -0.25) is 0 Å². The monoisotopic (exact) mass is 656 g/mol. The minimum atomic E-state index is -2.62. The summed E-state index contributed by atoms with van der Waals surface area (Å²) in [6, 6.07) is 9.13. The first-order valence-electron chi connectivity index (χ1n) is 17.4. The molecule has 2 aliphatic heterocycles. The molecule has 3 bridgehead atoms. The van der Waals surface area contributed by atoms with Gasteiger partial charge in [0, 0.05) is 23.5 Å². The molecule has 2 saturated heterocycles. The standard InChI is InChI=1S/C37H52O10/c1-6-7-8-9-10-11-15-18-27(38)44-21-33(42)30(40)28-31-34(22(2)3)20-24(5)36(28,26-19-23(4)29(39)35(26,43)32(33)41)47-37(45-31,46-34)25-16-13-12-14-17-25/h12-18,23-24,26,28-32,39-43H,2,6-11,19-21H2,1,3-5H3/t23-,24+,26+,28-,29-,30-,31+,32+,33+,34+,35+,36-,37+/m0/s1. The lowest BCUT2D eigenvalue weighted by Gasteiger charge is -2.61. The smallest absolute Gasteiger partial charge is 0.330 e. The zero-order chi connectivity index (χ0) is 34.0. The van der Waals surface area contributed by atoms with Crippen LogP contribution in [-0.2, 0) is 29.7 Å². The number of allylic oxidation sites excluding steroid dienone is 1. The molecule has 3 aliphatic carbocycles. The molecule has 1 aromatic carbocycles. The second-order valence-electron chi connectivity index (χ2n) is 15.0. The summed E-state index contributed by atoms with van der Waals surface area (Å²) in [5.41, 5.74) is -6.38. The number of rotatable bonds is 11. The van der Waals surface area contributed by atoms with E-state index in [4.69, 9.17) is 18.9 Å². The van der Waals surface area contributed by atoms with Crippen LogP contribution in [0.5, 0.6) is 0 Å². The molecule has 6 rings (SSSR count). The maximum atomic E-state index is 12.8. The fourth-order valence-corrected chi connectivity index (χ4v) is 9.69. The van der Waals surface area contributed by atoms with Crippen LogP contribution in [0.25, 0.3) is 0 Å². The van der Waals surface area contributed by atoms with Crippen molar-refractivity contribution in [1.29, 1.82) is 0 Å². The highest BCUT2D eigenvalue weighted by Crippen LogP contribution is 2.72. The number of unbranched alkanes of at least 4 members (excludes halogenated alkanes) is 5. The van der Waals surface area contributed by atoms with Crippen molar-refractivity contribution in [3.8, 4) is 0 Å². The molecule has 0 amide bonds. The van der Waals surface area contributed by atoms with E-state index in [1.807, 2.05) is 44.2 Å². The SMILES string of the molecule is C=C(C)[C@]12C[C@@H](C)[C@@]34O[C@](c5ccccc5)(O[C@@H]1[C@@H]3[C@H](O)[C@](O)(COC(=O)C=CCCCCCCC)[C@@H](O)[C@@]1(O)[C@H]4C[C@H](C)[C@@H]1O)O2. The van der Waals surface area contributed by atoms with Crippen LogP contribution in [0.3, 0.4) is 0 Å². The first-order valence-corrected chi connectivity index (χ1v) is 17.4. The number of ether oxygens (including phenoxy) is 4. The van der Waals surface area contributed by atoms with Gasteiger partial charge in [-0.1, -0.05) is 89.4 Å². The summed E-state index contributed by atoms with van der Waals surface area (Å²) in [7, 11) is 0. The second-order valence-corrected chi connectivity index (χ2v) is 15.0. The number of carbonyl (C=O) groups excluding carboxylic acids is 1. The van der Waals surface area contributed by atoms with E-state index in [-0.39, 0.29) is 6.42 Å². The van der Waals surface area contributed by atoms with E-state index < -0.39 is 89.0 Å². The minimum absolute atomic E-state index is 0.219. The Morgan fingerprint density at radius 2 is 1.74 bits per heavy atom. The van der Waals surface area contributed by atoms with E-state index in [1.165, 1.54) is 12.5 Å². The Labute approximate surface area is 277 Å². The van der Waals surface area contributed by atoms with E-state index >= 15 is 0 Å². The number of fused-ring (bicyclic) bond motifs is 2. The largest absolute Gasteiger partial charge is 0.459 e. The highest BCUT2D eigenvalue weighted by atomic mass is 16.9. The number of aliphatic hydroxyl groups excluding tert-OH is 3. The van der Waals surface area contributed by atoms with Crippen LogP contribution >= 0.6 is 0 Å². The fraction of sp³-hybridized carbons (Fsp3) is 0.703. The Morgan fingerprint density at radius 3 is 2.43 bits per heavy atom. The Bertz CT molecular complexity index is 1370. The minimum Gasteiger partial charge on any atom is -0.459 e. The number of carbonyl (C=O) groups is 1. The topological polar surface area (TPSA) is 155 Å². The van der Waals surface area contributed by atoms with Gasteiger partial charge in [-0.05, 0) is 50.0 Å². The number of esters is 1. The summed E-state index contributed by atoms with van der Waals surface area (Å²) in [5, 5.41) is 60.9. The highest BCUT2D eigenvalue weighted by Gasteiger charge is 2.85. The van der Waals surface area contributed by atoms with Crippen LogP contribution in [0, 0.1) is 23.7 Å². The molecule has 0 radical (unpaired) electrons. The normalized spacial score (nSPS) is 46.7. The Balaban J connectivity index is 1.40. The maximum absolute atomic E-state index is 12.8. The summed E-state index contributed by atoms with van der Waals surface area (Å²) < 4.78 is 26.0. The molecule has 3 saturated carbocycles. The molecule has 0 aromatic heterocycles. The summed E-state index contributed by atoms with van der Waals surface area (Å²) >= 11 is 0. The van der Waals surface area contributed by atoms with Crippen LogP contribution in [0.4, 0.5) is 0 Å². The van der Waals surface area contributed by atoms with Crippen LogP contribution in [0.1, 0.15) is 84.6 Å². The zero-order valence-electron chi connectivity index (χ0n) is 28.0. The van der Waals surface area contributed by atoms with Gasteiger partial charge in [0.1, 0.15) is 30.0 Å². The second kappa shape index (κ2) is 12.3. The van der Waals surface area contributed by atoms with Gasteiger partial charge < -0.3 is 44.5 Å². The van der Waals surface area contributed by atoms with Gasteiger partial charge in [0.25, 0.3) is 0 Å². The lowest BCUT2D eigenvalue weighted by atomic mass is 9.53. The lowest BCUT2D eigenvalue weighted by molar-refractivity contribution is -0.446. The van der Waals surface area contributed by atoms with E-state index in [2.05, 4.69) is 13.5 Å². The summed E-state index contributed by atoms with van der Waals surface area (Å²) in [4.78, 5) is 12.8. The van der Waals surface area contributed by atoms with E-state index in [9.17, 15) is 30.3 Å². The summed E-state index contributed by atoms with van der Waals surface area (Å²) in [6.45, 7) is 11.1. The molecule has 13 atom stereocenters. The highest BCUT2D eigenvalue weighted by molar-refractivity contribution is 5.81. The molecule has 0 unspecified atom stereocenters. The molecule has 5 aliphatic rings. The lowest BCUT2D eigenvalue weighted by Crippen LogP contribution is -2.73. The fourth-order valence-electron chi connectivity index (χ4n) is 9.69. The van der Waals surface area contributed by atoms with Gasteiger partial charge in [0.15, 0.2) is 5.60 Å². The molecule has 5 N–H and O–H groups in total. The molecule has 47 heavy (non-hydrogen) atoms. The number of hydrogen-bond acceptors (Lipinski definition) is 10. The van der Waals surface area contributed by atoms with Crippen LogP contribution < -0.4 is 0 Å². The zero-order valence-corrected chi connectivity index (χ0v) is 28.0. The van der Waals surface area contributed by atoms with Crippen molar-refractivity contribution in [3.63, 3.8) is 0 Å². The van der Waals surface area contributed by atoms with Crippen molar-refractivity contribution in [2.75, 3.05) is 6.61 Å². The van der Waals surface area contributed by atoms with Crippen LogP contribution in [0.15, 0.2) is 54.6 Å². The summed E-state index contributed by atoms with van der Waals surface area (Å²) in [5.74, 6) is -5.50. The molecule has 10 nitrogen and oxygen atoms in total. The van der Waals surface area contributed by atoms with Gasteiger partial charge in [0.05, 0.1) is 17.8 Å². The number of hydrogen-bond donors (Lipinski definition) is 5. The van der Waals surface area contributed by atoms with Crippen molar-refractivity contribution in [2.24, 2.45) is 23.7 Å². The van der Waals surface area contributed by atoms with Crippen molar-refractivity contribution >= 4 is 5.97 Å². The first kappa shape index (κ1) is 34.7. The molecular weight excluding hydrogens is 604 g/mol.